The lowest BCUT2D eigenvalue weighted by molar-refractivity contribution is 0.0935. The second-order valence-corrected chi connectivity index (χ2v) is 9.49. The Hall–Kier alpha value is -4.70. The van der Waals surface area contributed by atoms with Gasteiger partial charge in [-0.25, -0.2) is 4.39 Å². The normalized spacial score (nSPS) is 13.6. The van der Waals surface area contributed by atoms with Crippen LogP contribution in [0.4, 0.5) is 4.39 Å². The number of methoxy groups -OCH3 is 1. The Bertz CT molecular complexity index is 1620. The number of halogens is 1. The number of amides is 2. The third-order valence-electron chi connectivity index (χ3n) is 7.04. The molecule has 10 heteroatoms. The number of benzene rings is 3. The van der Waals surface area contributed by atoms with Gasteiger partial charge < -0.3 is 19.8 Å². The molecule has 9 nitrogen and oxygen atoms in total. The topological polar surface area (TPSA) is 137 Å². The number of hydrogen-bond donors (Lipinski definition) is 5. The van der Waals surface area contributed by atoms with Crippen LogP contribution in [-0.2, 0) is 0 Å². The molecule has 0 saturated heterocycles. The van der Waals surface area contributed by atoms with Crippen LogP contribution in [0.15, 0.2) is 59.0 Å². The number of rotatable bonds is 7. The maximum absolute atomic E-state index is 13.5. The summed E-state index contributed by atoms with van der Waals surface area (Å²) in [4.78, 5) is 26.2. The number of nitrogens with one attached hydrogen (secondary N) is 4. The van der Waals surface area contributed by atoms with Crippen LogP contribution in [-0.4, -0.2) is 42.6 Å². The van der Waals surface area contributed by atoms with E-state index in [1.807, 2.05) is 24.5 Å². The van der Waals surface area contributed by atoms with Crippen molar-refractivity contribution in [1.29, 1.82) is 5.41 Å². The number of hydrogen-bond acceptors (Lipinski definition) is 6. The molecule has 0 unspecified atom stereocenters. The summed E-state index contributed by atoms with van der Waals surface area (Å²) >= 11 is 0. The van der Waals surface area contributed by atoms with E-state index in [-0.39, 0.29) is 17.3 Å². The van der Waals surface area contributed by atoms with Crippen molar-refractivity contribution >= 4 is 28.6 Å². The Labute approximate surface area is 223 Å². The molecule has 0 spiro atoms. The van der Waals surface area contributed by atoms with E-state index in [9.17, 15) is 19.2 Å². The van der Waals surface area contributed by atoms with Crippen LogP contribution in [0.1, 0.15) is 39.1 Å². The maximum atomic E-state index is 13.5. The van der Waals surface area contributed by atoms with E-state index < -0.39 is 17.3 Å². The molecule has 5 N–H and O–H groups in total. The Balaban J connectivity index is 1.61. The summed E-state index contributed by atoms with van der Waals surface area (Å²) in [6.45, 7) is 1.89. The van der Waals surface area contributed by atoms with Gasteiger partial charge in [-0.1, -0.05) is 6.07 Å². The standard InChI is InChI=1S/C29H27FN4O5/c1-15-12-23(38-3)21(26(35)33-29(10-11-29)28(31)34-37)14-19(15)17-6-9-22-20(13-17)24(27(36)32-2)25(39-22)16-4-7-18(30)8-5-16/h4-9,12-14,37H,10-11H2,1-3H3,(H2,31,34)(H,32,36)(H,33,35). The molecule has 0 bridgehead atoms. The van der Waals surface area contributed by atoms with Gasteiger partial charge in [-0.05, 0) is 85.0 Å². The molecule has 39 heavy (non-hydrogen) atoms. The van der Waals surface area contributed by atoms with Gasteiger partial charge in [0.05, 0.1) is 23.8 Å². The Kier molecular flexibility index (Phi) is 6.57. The molecular formula is C29H27FN4O5. The van der Waals surface area contributed by atoms with E-state index in [0.717, 1.165) is 16.7 Å². The first-order chi connectivity index (χ1) is 18.7. The predicted octanol–water partition coefficient (Wildman–Crippen LogP) is 4.80. The summed E-state index contributed by atoms with van der Waals surface area (Å²) in [7, 11) is 3.00. The van der Waals surface area contributed by atoms with Crippen molar-refractivity contribution in [3.8, 4) is 28.2 Å². The van der Waals surface area contributed by atoms with E-state index >= 15 is 0 Å². The van der Waals surface area contributed by atoms with Crippen molar-refractivity contribution in [1.82, 2.24) is 16.1 Å². The SMILES string of the molecule is CNC(=O)c1c(-c2ccc(F)cc2)oc2ccc(-c3cc(C(=O)NC4(C(=N)NO)CC4)c(OC)cc3C)cc12. The number of amidine groups is 1. The third-order valence-corrected chi connectivity index (χ3v) is 7.04. The highest BCUT2D eigenvalue weighted by molar-refractivity contribution is 6.12. The van der Waals surface area contributed by atoms with Gasteiger partial charge in [-0.3, -0.25) is 25.7 Å². The second-order valence-electron chi connectivity index (χ2n) is 9.49. The zero-order chi connectivity index (χ0) is 27.9. The first-order valence-electron chi connectivity index (χ1n) is 12.3. The van der Waals surface area contributed by atoms with E-state index in [1.54, 1.807) is 30.3 Å². The molecule has 1 fully saturated rings. The van der Waals surface area contributed by atoms with Crippen LogP contribution in [0, 0.1) is 18.2 Å². The van der Waals surface area contributed by atoms with Crippen molar-refractivity contribution in [3.05, 3.63) is 77.1 Å². The highest BCUT2D eigenvalue weighted by Gasteiger charge is 2.49. The van der Waals surface area contributed by atoms with Crippen molar-refractivity contribution in [2.24, 2.45) is 0 Å². The van der Waals surface area contributed by atoms with Gasteiger partial charge in [-0.2, -0.15) is 0 Å². The molecule has 1 heterocycles. The van der Waals surface area contributed by atoms with E-state index in [1.165, 1.54) is 26.3 Å². The molecule has 0 atom stereocenters. The number of aryl methyl sites for hydroxylation is 1. The summed E-state index contributed by atoms with van der Waals surface area (Å²) in [6, 6.07) is 14.6. The molecule has 1 aliphatic rings. The Morgan fingerprint density at radius 1 is 1.05 bits per heavy atom. The highest BCUT2D eigenvalue weighted by Crippen LogP contribution is 2.39. The summed E-state index contributed by atoms with van der Waals surface area (Å²) < 4.78 is 25.1. The van der Waals surface area contributed by atoms with Crippen LogP contribution in [0.5, 0.6) is 5.75 Å². The van der Waals surface area contributed by atoms with Gasteiger partial charge in [0.25, 0.3) is 11.8 Å². The lowest BCUT2D eigenvalue weighted by Crippen LogP contribution is -2.47. The average molecular weight is 531 g/mol. The van der Waals surface area contributed by atoms with Crippen molar-refractivity contribution < 1.29 is 28.3 Å². The number of hydroxylamine groups is 1. The molecule has 3 aromatic carbocycles. The lowest BCUT2D eigenvalue weighted by atomic mass is 9.95. The molecule has 0 radical (unpaired) electrons. The fourth-order valence-electron chi connectivity index (χ4n) is 4.71. The second kappa shape index (κ2) is 9.88. The van der Waals surface area contributed by atoms with Gasteiger partial charge in [0, 0.05) is 18.0 Å². The Morgan fingerprint density at radius 2 is 1.74 bits per heavy atom. The minimum Gasteiger partial charge on any atom is -0.496 e. The monoisotopic (exact) mass is 530 g/mol. The lowest BCUT2D eigenvalue weighted by Gasteiger charge is -2.19. The maximum Gasteiger partial charge on any atom is 0.255 e. The molecule has 5 rings (SSSR count). The number of ether oxygens (including phenoxy) is 1. The van der Waals surface area contributed by atoms with Crippen molar-refractivity contribution in [2.75, 3.05) is 14.2 Å². The van der Waals surface area contributed by atoms with Gasteiger partial charge >= 0.3 is 0 Å². The van der Waals surface area contributed by atoms with Gasteiger partial charge in [0.15, 0.2) is 0 Å². The van der Waals surface area contributed by atoms with Gasteiger partial charge in [-0.15, -0.1) is 0 Å². The predicted molar refractivity (Wildman–Crippen MR) is 144 cm³/mol. The average Bonchev–Trinajstić information content (AvgIpc) is 3.63. The Morgan fingerprint density at radius 3 is 2.36 bits per heavy atom. The van der Waals surface area contributed by atoms with Crippen LogP contribution in [0.25, 0.3) is 33.4 Å². The van der Waals surface area contributed by atoms with Crippen LogP contribution in [0.2, 0.25) is 0 Å². The molecule has 1 aliphatic carbocycles. The third kappa shape index (κ3) is 4.59. The minimum absolute atomic E-state index is 0.175. The van der Waals surface area contributed by atoms with Gasteiger partial charge in [0.1, 0.15) is 28.7 Å². The van der Waals surface area contributed by atoms with E-state index in [0.29, 0.717) is 46.4 Å². The number of carbonyl (C=O) groups excluding carboxylic acids is 2. The van der Waals surface area contributed by atoms with Crippen LogP contribution in [0.3, 0.4) is 0 Å². The zero-order valence-corrected chi connectivity index (χ0v) is 21.6. The van der Waals surface area contributed by atoms with Crippen LogP contribution >= 0.6 is 0 Å². The zero-order valence-electron chi connectivity index (χ0n) is 21.6. The first kappa shape index (κ1) is 25.9. The molecule has 200 valence electrons. The minimum atomic E-state index is -0.934. The molecule has 1 aromatic heterocycles. The summed E-state index contributed by atoms with van der Waals surface area (Å²) in [5.74, 6) is -0.687. The smallest absolute Gasteiger partial charge is 0.255 e. The number of fused-ring (bicyclic) bond motifs is 1. The molecular weight excluding hydrogens is 503 g/mol. The van der Waals surface area contributed by atoms with Crippen molar-refractivity contribution in [3.63, 3.8) is 0 Å². The van der Waals surface area contributed by atoms with Crippen LogP contribution < -0.4 is 20.9 Å². The summed E-state index contributed by atoms with van der Waals surface area (Å²) in [5.41, 5.74) is 4.81. The van der Waals surface area contributed by atoms with E-state index in [4.69, 9.17) is 14.6 Å². The molecule has 2 amide bonds. The molecule has 4 aromatic rings. The highest BCUT2D eigenvalue weighted by atomic mass is 19.1. The first-order valence-corrected chi connectivity index (χ1v) is 12.3. The number of furan rings is 1. The summed E-state index contributed by atoms with van der Waals surface area (Å²) in [5, 5.41) is 23.1. The van der Waals surface area contributed by atoms with E-state index in [2.05, 4.69) is 10.6 Å². The number of carbonyl (C=O) groups is 2. The quantitative estimate of drug-likeness (QED) is 0.132. The van der Waals surface area contributed by atoms with Crippen molar-refractivity contribution in [2.45, 2.75) is 25.3 Å². The van der Waals surface area contributed by atoms with Gasteiger partial charge in [0.2, 0.25) is 0 Å². The largest absolute Gasteiger partial charge is 0.496 e. The molecule has 0 aliphatic heterocycles. The molecule has 1 saturated carbocycles. The fraction of sp³-hybridized carbons (Fsp3) is 0.207. The summed E-state index contributed by atoms with van der Waals surface area (Å²) in [6.07, 6.45) is 1.06. The fourth-order valence-corrected chi connectivity index (χ4v) is 4.71.